The van der Waals surface area contributed by atoms with Crippen molar-refractivity contribution in [3.05, 3.63) is 35.9 Å². The van der Waals surface area contributed by atoms with E-state index in [1.807, 2.05) is 18.2 Å². The van der Waals surface area contributed by atoms with Crippen molar-refractivity contribution in [2.24, 2.45) is 10.9 Å². The molecule has 0 aliphatic carbocycles. The van der Waals surface area contributed by atoms with Crippen LogP contribution in [0.15, 0.2) is 35.3 Å². The molecule has 0 radical (unpaired) electrons. The van der Waals surface area contributed by atoms with Crippen LogP contribution in [0.2, 0.25) is 0 Å². The van der Waals surface area contributed by atoms with Crippen molar-refractivity contribution >= 4 is 5.71 Å². The summed E-state index contributed by atoms with van der Waals surface area (Å²) in [6.07, 6.45) is 0. The average molecular weight is 235 g/mol. The highest BCUT2D eigenvalue weighted by atomic mass is 16.5. The maximum Gasteiger partial charge on any atom is 0.0698 e. The van der Waals surface area contributed by atoms with E-state index in [4.69, 9.17) is 9.84 Å². The van der Waals surface area contributed by atoms with Gasteiger partial charge in [0, 0.05) is 5.71 Å². The highest BCUT2D eigenvalue weighted by molar-refractivity contribution is 6.01. The minimum Gasteiger partial charge on any atom is -0.394 e. The molecule has 1 aromatic carbocycles. The van der Waals surface area contributed by atoms with Crippen LogP contribution in [0, 0.1) is 5.92 Å². The molecule has 0 fully saturated rings. The monoisotopic (exact) mass is 235 g/mol. The molecule has 1 aromatic rings. The van der Waals surface area contributed by atoms with Gasteiger partial charge in [-0.3, -0.25) is 4.99 Å². The maximum atomic E-state index is 8.58. The van der Waals surface area contributed by atoms with Gasteiger partial charge in [-0.2, -0.15) is 0 Å². The van der Waals surface area contributed by atoms with Crippen LogP contribution in [-0.4, -0.2) is 37.2 Å². The van der Waals surface area contributed by atoms with Gasteiger partial charge in [0.25, 0.3) is 0 Å². The highest BCUT2D eigenvalue weighted by Crippen LogP contribution is 2.09. The Kier molecular flexibility index (Phi) is 6.51. The number of benzene rings is 1. The fourth-order valence-corrected chi connectivity index (χ4v) is 1.61. The number of nitrogens with zero attached hydrogens (tertiary/aromatic N) is 1. The lowest BCUT2D eigenvalue weighted by molar-refractivity contribution is 0.0978. The number of ether oxygens (including phenoxy) is 1. The molecule has 0 aliphatic rings. The van der Waals surface area contributed by atoms with E-state index < -0.39 is 0 Å². The zero-order chi connectivity index (χ0) is 12.5. The summed E-state index contributed by atoms with van der Waals surface area (Å²) in [6, 6.07) is 10.2. The molecule has 0 atom stereocenters. The molecule has 0 amide bonds. The molecule has 0 unspecified atom stereocenters. The highest BCUT2D eigenvalue weighted by Gasteiger charge is 2.06. The number of aliphatic hydroxyl groups is 1. The number of hydrogen-bond acceptors (Lipinski definition) is 3. The summed E-state index contributed by atoms with van der Waals surface area (Å²) in [5.41, 5.74) is 2.28. The van der Waals surface area contributed by atoms with E-state index >= 15 is 0 Å². The van der Waals surface area contributed by atoms with Gasteiger partial charge in [-0.05, 0) is 11.5 Å². The van der Waals surface area contributed by atoms with Crippen LogP contribution < -0.4 is 0 Å². The lowest BCUT2D eigenvalue weighted by Crippen LogP contribution is -2.12. The van der Waals surface area contributed by atoms with Gasteiger partial charge in [0.05, 0.1) is 26.4 Å². The predicted molar refractivity (Wildman–Crippen MR) is 70.6 cm³/mol. The first kappa shape index (κ1) is 13.9. The first-order valence-electron chi connectivity index (χ1n) is 6.04. The van der Waals surface area contributed by atoms with Crippen LogP contribution in [0.4, 0.5) is 0 Å². The zero-order valence-corrected chi connectivity index (χ0v) is 10.6. The first-order chi connectivity index (χ1) is 8.25. The summed E-state index contributed by atoms with van der Waals surface area (Å²) in [5, 5.41) is 8.58. The van der Waals surface area contributed by atoms with Crippen molar-refractivity contribution in [2.45, 2.75) is 13.8 Å². The van der Waals surface area contributed by atoms with E-state index in [1.54, 1.807) is 0 Å². The Hall–Kier alpha value is -1.19. The third-order valence-electron chi connectivity index (χ3n) is 2.37. The smallest absolute Gasteiger partial charge is 0.0698 e. The fraction of sp³-hybridized carbons (Fsp3) is 0.500. The third kappa shape index (κ3) is 5.11. The molecule has 17 heavy (non-hydrogen) atoms. The summed E-state index contributed by atoms with van der Waals surface area (Å²) in [5.74, 6) is 0.398. The van der Waals surface area contributed by atoms with E-state index in [9.17, 15) is 0 Å². The number of hydrogen-bond donors (Lipinski definition) is 1. The molecule has 0 aromatic heterocycles. The van der Waals surface area contributed by atoms with Crippen LogP contribution in [0.25, 0.3) is 0 Å². The van der Waals surface area contributed by atoms with Gasteiger partial charge < -0.3 is 9.84 Å². The Labute approximate surface area is 103 Å². The molecule has 0 saturated carbocycles. The zero-order valence-electron chi connectivity index (χ0n) is 10.6. The average Bonchev–Trinajstić information content (AvgIpc) is 2.34. The van der Waals surface area contributed by atoms with Gasteiger partial charge in [-0.25, -0.2) is 0 Å². The molecule has 0 bridgehead atoms. The first-order valence-corrected chi connectivity index (χ1v) is 6.04. The summed E-state index contributed by atoms with van der Waals surface area (Å²) in [6.45, 7) is 5.93. The van der Waals surface area contributed by atoms with Gasteiger partial charge in [0.1, 0.15) is 0 Å². The molecular formula is C14H21NO2. The lowest BCUT2D eigenvalue weighted by Gasteiger charge is -2.10. The standard InChI is InChI=1S/C14H21NO2/c1-12(2)14(13-6-4-3-5-7-13)15-8-10-17-11-9-16/h3-7,12,16H,8-11H2,1-2H3/b15-14+. The molecule has 0 saturated heterocycles. The molecule has 94 valence electrons. The molecular weight excluding hydrogens is 214 g/mol. The molecule has 0 aliphatic heterocycles. The van der Waals surface area contributed by atoms with Gasteiger partial charge in [-0.15, -0.1) is 0 Å². The van der Waals surface area contributed by atoms with Gasteiger partial charge in [0.15, 0.2) is 0 Å². The van der Waals surface area contributed by atoms with Crippen molar-refractivity contribution in [1.29, 1.82) is 0 Å². The fourth-order valence-electron chi connectivity index (χ4n) is 1.61. The van der Waals surface area contributed by atoms with Crippen LogP contribution in [0.5, 0.6) is 0 Å². The summed E-state index contributed by atoms with van der Waals surface area (Å²) in [7, 11) is 0. The largest absolute Gasteiger partial charge is 0.394 e. The maximum absolute atomic E-state index is 8.58. The molecule has 3 nitrogen and oxygen atoms in total. The van der Waals surface area contributed by atoms with Crippen molar-refractivity contribution in [3.8, 4) is 0 Å². The minimum absolute atomic E-state index is 0.0689. The Morgan fingerprint density at radius 3 is 2.53 bits per heavy atom. The van der Waals surface area contributed by atoms with E-state index in [0.717, 1.165) is 5.71 Å². The quantitative estimate of drug-likeness (QED) is 0.581. The van der Waals surface area contributed by atoms with Crippen LogP contribution in [-0.2, 0) is 4.74 Å². The molecule has 0 spiro atoms. The van der Waals surface area contributed by atoms with Crippen LogP contribution in [0.3, 0.4) is 0 Å². The molecule has 3 heteroatoms. The Morgan fingerprint density at radius 1 is 1.24 bits per heavy atom. The molecule has 1 N–H and O–H groups in total. The van der Waals surface area contributed by atoms with Gasteiger partial charge >= 0.3 is 0 Å². The van der Waals surface area contributed by atoms with Gasteiger partial charge in [-0.1, -0.05) is 44.2 Å². The second-order valence-corrected chi connectivity index (χ2v) is 4.12. The van der Waals surface area contributed by atoms with Crippen molar-refractivity contribution in [1.82, 2.24) is 0 Å². The number of aliphatic hydroxyl groups excluding tert-OH is 1. The number of aliphatic imine (C=N–C) groups is 1. The van der Waals surface area contributed by atoms with E-state index in [1.165, 1.54) is 5.56 Å². The summed E-state index contributed by atoms with van der Waals surface area (Å²) < 4.78 is 5.19. The van der Waals surface area contributed by atoms with Crippen molar-refractivity contribution in [2.75, 3.05) is 26.4 Å². The minimum atomic E-state index is 0.0689. The topological polar surface area (TPSA) is 41.8 Å². The normalized spacial score (nSPS) is 12.1. The van der Waals surface area contributed by atoms with Crippen LogP contribution >= 0.6 is 0 Å². The van der Waals surface area contributed by atoms with E-state index in [-0.39, 0.29) is 6.61 Å². The number of rotatable bonds is 7. The summed E-state index contributed by atoms with van der Waals surface area (Å²) >= 11 is 0. The van der Waals surface area contributed by atoms with Gasteiger partial charge in [0.2, 0.25) is 0 Å². The molecule has 0 heterocycles. The molecule has 1 rings (SSSR count). The Balaban J connectivity index is 2.57. The second-order valence-electron chi connectivity index (χ2n) is 4.12. The van der Waals surface area contributed by atoms with Crippen molar-refractivity contribution < 1.29 is 9.84 Å². The third-order valence-corrected chi connectivity index (χ3v) is 2.37. The SMILES string of the molecule is CC(C)/C(=N\CCOCCO)c1ccccc1. The predicted octanol–water partition coefficient (Wildman–Crippen LogP) is 2.14. The Bertz CT molecular complexity index is 333. The van der Waals surface area contributed by atoms with E-state index in [2.05, 4.69) is 31.0 Å². The Morgan fingerprint density at radius 2 is 1.94 bits per heavy atom. The van der Waals surface area contributed by atoms with Crippen molar-refractivity contribution in [3.63, 3.8) is 0 Å². The van der Waals surface area contributed by atoms with Crippen LogP contribution in [0.1, 0.15) is 19.4 Å². The second kappa shape index (κ2) is 7.98. The van der Waals surface area contributed by atoms with E-state index in [0.29, 0.717) is 25.7 Å². The lowest BCUT2D eigenvalue weighted by atomic mass is 10.00. The summed E-state index contributed by atoms with van der Waals surface area (Å²) in [4.78, 5) is 4.58.